The number of aliphatic carboxylic acids is 1. The Labute approximate surface area is 126 Å². The first kappa shape index (κ1) is 16.0. The topological polar surface area (TPSA) is 67.3 Å². The fraction of sp³-hybridized carbons (Fsp3) is 0.857. The zero-order valence-corrected chi connectivity index (χ0v) is 13.0. The Morgan fingerprint density at radius 3 is 2.19 bits per heavy atom. The molecule has 0 aromatic heterocycles. The van der Waals surface area contributed by atoms with E-state index in [1.54, 1.807) is 0 Å². The van der Waals surface area contributed by atoms with Gasteiger partial charge in [0.2, 0.25) is 0 Å². The molecule has 21 heavy (non-hydrogen) atoms. The summed E-state index contributed by atoms with van der Waals surface area (Å²) >= 11 is 0. The van der Waals surface area contributed by atoms with Gasteiger partial charge in [0.05, 0.1) is 6.54 Å². The molecule has 0 aromatic rings. The van der Waals surface area contributed by atoms with Crippen molar-refractivity contribution >= 4 is 12.0 Å². The molecule has 1 atom stereocenters. The molecule has 1 N–H and O–H groups in total. The van der Waals surface area contributed by atoms with Crippen molar-refractivity contribution in [3.05, 3.63) is 0 Å². The fourth-order valence-corrected chi connectivity index (χ4v) is 3.13. The van der Waals surface area contributed by atoms with Crippen LogP contribution in [0.3, 0.4) is 0 Å². The van der Waals surface area contributed by atoms with Gasteiger partial charge in [-0.1, -0.05) is 6.92 Å². The summed E-state index contributed by atoms with van der Waals surface area (Å²) in [5.74, 6) is -0.806. The maximum Gasteiger partial charge on any atom is 0.320 e. The van der Waals surface area contributed by atoms with Gasteiger partial charge in [0.15, 0.2) is 0 Å². The van der Waals surface area contributed by atoms with Crippen molar-refractivity contribution in [2.45, 2.75) is 19.9 Å². The van der Waals surface area contributed by atoms with Crippen molar-refractivity contribution in [3.8, 4) is 0 Å². The Bertz CT molecular complexity index is 382. The van der Waals surface area contributed by atoms with Crippen molar-refractivity contribution in [1.29, 1.82) is 0 Å². The highest BCUT2D eigenvalue weighted by molar-refractivity contribution is 5.75. The molecule has 2 aliphatic heterocycles. The number of hydrogen-bond acceptors (Lipinski definition) is 4. The molecule has 7 heteroatoms. The van der Waals surface area contributed by atoms with E-state index >= 15 is 0 Å². The van der Waals surface area contributed by atoms with E-state index in [4.69, 9.17) is 5.11 Å². The number of rotatable bonds is 3. The van der Waals surface area contributed by atoms with Gasteiger partial charge in [-0.3, -0.25) is 14.6 Å². The minimum atomic E-state index is -0.806. The van der Waals surface area contributed by atoms with E-state index < -0.39 is 5.97 Å². The van der Waals surface area contributed by atoms with E-state index in [-0.39, 0.29) is 12.6 Å². The Balaban J connectivity index is 1.81. The van der Waals surface area contributed by atoms with Crippen molar-refractivity contribution in [2.24, 2.45) is 0 Å². The standard InChI is InChI=1S/C14H26N4O3/c1-3-16-8-9-18(10-12(16)2)14(21)17-6-4-15(5-7-17)11-13(19)20/h12H,3-11H2,1-2H3,(H,19,20). The summed E-state index contributed by atoms with van der Waals surface area (Å²) in [6, 6.07) is 0.508. The predicted octanol–water partition coefficient (Wildman–Crippen LogP) is -0.165. The average molecular weight is 298 g/mol. The number of hydrogen-bond donors (Lipinski definition) is 1. The lowest BCUT2D eigenvalue weighted by atomic mass is 10.2. The molecule has 2 fully saturated rings. The molecule has 120 valence electrons. The third kappa shape index (κ3) is 4.07. The number of carbonyl (C=O) groups excluding carboxylic acids is 1. The lowest BCUT2D eigenvalue weighted by molar-refractivity contribution is -0.138. The number of carboxylic acid groups (broad SMARTS) is 1. The molecule has 0 aromatic carbocycles. The predicted molar refractivity (Wildman–Crippen MR) is 79.3 cm³/mol. The van der Waals surface area contributed by atoms with Crippen LogP contribution in [0.15, 0.2) is 0 Å². The molecule has 2 aliphatic rings. The van der Waals surface area contributed by atoms with E-state index in [1.807, 2.05) is 14.7 Å². The smallest absolute Gasteiger partial charge is 0.320 e. The van der Waals surface area contributed by atoms with Crippen molar-refractivity contribution < 1.29 is 14.7 Å². The van der Waals surface area contributed by atoms with Crippen molar-refractivity contribution in [2.75, 3.05) is 58.9 Å². The van der Waals surface area contributed by atoms with Crippen LogP contribution in [0, 0.1) is 0 Å². The van der Waals surface area contributed by atoms with Crippen LogP contribution in [-0.4, -0.2) is 102 Å². The van der Waals surface area contributed by atoms with Crippen LogP contribution in [0.1, 0.15) is 13.8 Å². The third-order valence-electron chi connectivity index (χ3n) is 4.44. The number of amides is 2. The maximum absolute atomic E-state index is 12.5. The summed E-state index contributed by atoms with van der Waals surface area (Å²) in [7, 11) is 0. The average Bonchev–Trinajstić information content (AvgIpc) is 2.46. The Kier molecular flexibility index (Phi) is 5.41. The van der Waals surface area contributed by atoms with Crippen molar-refractivity contribution in [3.63, 3.8) is 0 Å². The first-order chi connectivity index (χ1) is 10.0. The van der Waals surface area contributed by atoms with Crippen LogP contribution in [0.2, 0.25) is 0 Å². The molecule has 2 rings (SSSR count). The normalized spacial score (nSPS) is 25.1. The second kappa shape index (κ2) is 7.09. The zero-order valence-electron chi connectivity index (χ0n) is 13.0. The highest BCUT2D eigenvalue weighted by Gasteiger charge is 2.30. The number of urea groups is 1. The van der Waals surface area contributed by atoms with Gasteiger partial charge in [-0.05, 0) is 13.5 Å². The van der Waals surface area contributed by atoms with Crippen molar-refractivity contribution in [1.82, 2.24) is 19.6 Å². The number of nitrogens with zero attached hydrogens (tertiary/aromatic N) is 4. The summed E-state index contributed by atoms with van der Waals surface area (Å²) in [5.41, 5.74) is 0. The van der Waals surface area contributed by atoms with Crippen LogP contribution in [0.4, 0.5) is 4.79 Å². The number of carbonyl (C=O) groups is 2. The SMILES string of the molecule is CCN1CCN(C(=O)N2CCN(CC(=O)O)CC2)CC1C. The van der Waals surface area contributed by atoms with Gasteiger partial charge in [-0.15, -0.1) is 0 Å². The molecule has 7 nitrogen and oxygen atoms in total. The summed E-state index contributed by atoms with van der Waals surface area (Å²) < 4.78 is 0. The third-order valence-corrected chi connectivity index (χ3v) is 4.44. The molecule has 0 saturated carbocycles. The maximum atomic E-state index is 12.5. The summed E-state index contributed by atoms with van der Waals surface area (Å²) in [5, 5.41) is 8.79. The first-order valence-electron chi connectivity index (χ1n) is 7.73. The van der Waals surface area contributed by atoms with Gasteiger partial charge in [-0.25, -0.2) is 4.79 Å². The Morgan fingerprint density at radius 1 is 1.05 bits per heavy atom. The highest BCUT2D eigenvalue weighted by atomic mass is 16.4. The van der Waals surface area contributed by atoms with E-state index in [1.165, 1.54) is 0 Å². The van der Waals surface area contributed by atoms with Gasteiger partial charge in [0.1, 0.15) is 0 Å². The van der Waals surface area contributed by atoms with Crippen LogP contribution in [0.25, 0.3) is 0 Å². The number of carboxylic acids is 1. The summed E-state index contributed by atoms with van der Waals surface area (Å²) in [6.07, 6.45) is 0. The quantitative estimate of drug-likeness (QED) is 0.784. The molecule has 0 aliphatic carbocycles. The molecule has 2 heterocycles. The second-order valence-electron chi connectivity index (χ2n) is 5.86. The lowest BCUT2D eigenvalue weighted by Crippen LogP contribution is -2.59. The van der Waals surface area contributed by atoms with Crippen LogP contribution in [0.5, 0.6) is 0 Å². The van der Waals surface area contributed by atoms with E-state index in [2.05, 4.69) is 18.7 Å². The molecule has 0 radical (unpaired) electrons. The van der Waals surface area contributed by atoms with Crippen LogP contribution < -0.4 is 0 Å². The fourth-order valence-electron chi connectivity index (χ4n) is 3.13. The molecule has 2 saturated heterocycles. The molecular formula is C14H26N4O3. The Hall–Kier alpha value is -1.34. The first-order valence-corrected chi connectivity index (χ1v) is 7.73. The van der Waals surface area contributed by atoms with Gasteiger partial charge >= 0.3 is 12.0 Å². The molecular weight excluding hydrogens is 272 g/mol. The summed E-state index contributed by atoms with van der Waals surface area (Å²) in [4.78, 5) is 31.3. The highest BCUT2D eigenvalue weighted by Crippen LogP contribution is 2.12. The van der Waals surface area contributed by atoms with E-state index in [0.717, 1.165) is 26.2 Å². The van der Waals surface area contributed by atoms with Crippen LogP contribution in [-0.2, 0) is 4.79 Å². The Morgan fingerprint density at radius 2 is 1.67 bits per heavy atom. The largest absolute Gasteiger partial charge is 0.480 e. The van der Waals surface area contributed by atoms with Gasteiger partial charge in [-0.2, -0.15) is 0 Å². The number of likely N-dealkylation sites (N-methyl/N-ethyl adjacent to an activating group) is 1. The van der Waals surface area contributed by atoms with E-state index in [9.17, 15) is 9.59 Å². The minimum Gasteiger partial charge on any atom is -0.480 e. The molecule has 1 unspecified atom stereocenters. The van der Waals surface area contributed by atoms with Crippen LogP contribution >= 0.6 is 0 Å². The van der Waals surface area contributed by atoms with E-state index in [0.29, 0.717) is 32.2 Å². The molecule has 0 spiro atoms. The summed E-state index contributed by atoms with van der Waals surface area (Å²) in [6.45, 7) is 10.4. The molecule has 0 bridgehead atoms. The lowest BCUT2D eigenvalue weighted by Gasteiger charge is -2.42. The minimum absolute atomic E-state index is 0.0637. The van der Waals surface area contributed by atoms with Gasteiger partial charge in [0.25, 0.3) is 0 Å². The van der Waals surface area contributed by atoms with Gasteiger partial charge < -0.3 is 14.9 Å². The second-order valence-corrected chi connectivity index (χ2v) is 5.86. The molecule has 2 amide bonds. The zero-order chi connectivity index (χ0) is 15.4. The number of piperazine rings is 2. The van der Waals surface area contributed by atoms with Gasteiger partial charge in [0, 0.05) is 51.9 Å². The monoisotopic (exact) mass is 298 g/mol.